The van der Waals surface area contributed by atoms with Gasteiger partial charge in [0.1, 0.15) is 0 Å². The van der Waals surface area contributed by atoms with Gasteiger partial charge in [-0.25, -0.2) is 8.42 Å². The molecule has 11 heteroatoms. The molecule has 1 fully saturated rings. The van der Waals surface area contributed by atoms with Crippen molar-refractivity contribution in [1.82, 2.24) is 4.31 Å². The fraction of sp³-hybridized carbons (Fsp3) is 0.333. The SMILES string of the molecule is Cc1ccc(NC(=O)COC(=O)Cc2c(Cl)cccc2Cl)cc1S(=O)(=O)N1CCOCC1. The second kappa shape index (κ2) is 10.6. The van der Waals surface area contributed by atoms with Crippen LogP contribution in [0.5, 0.6) is 0 Å². The molecular formula is C21H22Cl2N2O6S. The quantitative estimate of drug-likeness (QED) is 0.586. The summed E-state index contributed by atoms with van der Waals surface area (Å²) in [6.07, 6.45) is -0.182. The molecule has 1 amide bonds. The molecule has 2 aromatic carbocycles. The number of hydrogen-bond acceptors (Lipinski definition) is 6. The van der Waals surface area contributed by atoms with Crippen molar-refractivity contribution in [2.45, 2.75) is 18.2 Å². The number of morpholine rings is 1. The van der Waals surface area contributed by atoms with E-state index in [0.717, 1.165) is 0 Å². The lowest BCUT2D eigenvalue weighted by molar-refractivity contribution is -0.146. The van der Waals surface area contributed by atoms with Crippen molar-refractivity contribution in [2.24, 2.45) is 0 Å². The molecule has 1 aliphatic rings. The molecule has 1 heterocycles. The summed E-state index contributed by atoms with van der Waals surface area (Å²) in [5.41, 5.74) is 1.24. The Bertz CT molecular complexity index is 1100. The Hall–Kier alpha value is -2.17. The largest absolute Gasteiger partial charge is 0.455 e. The third-order valence-electron chi connectivity index (χ3n) is 4.81. The van der Waals surface area contributed by atoms with Crippen LogP contribution in [0.1, 0.15) is 11.1 Å². The Kier molecular flexibility index (Phi) is 8.13. The first-order valence-corrected chi connectivity index (χ1v) is 11.9. The first kappa shape index (κ1) is 24.5. The van der Waals surface area contributed by atoms with Crippen LogP contribution in [-0.4, -0.2) is 57.5 Å². The van der Waals surface area contributed by atoms with Crippen LogP contribution in [0.15, 0.2) is 41.3 Å². The summed E-state index contributed by atoms with van der Waals surface area (Å²) in [5, 5.41) is 3.20. The smallest absolute Gasteiger partial charge is 0.310 e. The van der Waals surface area contributed by atoms with E-state index in [4.69, 9.17) is 32.7 Å². The molecule has 0 aliphatic carbocycles. The van der Waals surface area contributed by atoms with E-state index >= 15 is 0 Å². The minimum Gasteiger partial charge on any atom is -0.455 e. The first-order valence-electron chi connectivity index (χ1n) is 9.75. The number of benzene rings is 2. The maximum Gasteiger partial charge on any atom is 0.310 e. The molecule has 0 radical (unpaired) electrons. The van der Waals surface area contributed by atoms with Crippen molar-refractivity contribution in [1.29, 1.82) is 0 Å². The zero-order valence-electron chi connectivity index (χ0n) is 17.3. The predicted molar refractivity (Wildman–Crippen MR) is 121 cm³/mol. The van der Waals surface area contributed by atoms with Crippen molar-refractivity contribution in [2.75, 3.05) is 38.2 Å². The van der Waals surface area contributed by atoms with Gasteiger partial charge in [0.2, 0.25) is 10.0 Å². The topological polar surface area (TPSA) is 102 Å². The lowest BCUT2D eigenvalue weighted by Crippen LogP contribution is -2.40. The monoisotopic (exact) mass is 500 g/mol. The van der Waals surface area contributed by atoms with E-state index in [0.29, 0.717) is 34.4 Å². The number of aryl methyl sites for hydroxylation is 1. The van der Waals surface area contributed by atoms with Gasteiger partial charge in [-0.15, -0.1) is 0 Å². The number of sulfonamides is 1. The first-order chi connectivity index (χ1) is 15.2. The maximum absolute atomic E-state index is 13.0. The van der Waals surface area contributed by atoms with Gasteiger partial charge in [0, 0.05) is 34.4 Å². The van der Waals surface area contributed by atoms with Crippen LogP contribution < -0.4 is 5.32 Å². The number of anilines is 1. The average molecular weight is 501 g/mol. The van der Waals surface area contributed by atoms with Crippen molar-refractivity contribution >= 4 is 50.8 Å². The Morgan fingerprint density at radius 1 is 1.12 bits per heavy atom. The molecule has 1 aliphatic heterocycles. The molecule has 2 aromatic rings. The van der Waals surface area contributed by atoms with Gasteiger partial charge < -0.3 is 14.8 Å². The van der Waals surface area contributed by atoms with Gasteiger partial charge in [-0.2, -0.15) is 4.31 Å². The van der Waals surface area contributed by atoms with Crippen LogP contribution >= 0.6 is 23.2 Å². The van der Waals surface area contributed by atoms with Gasteiger partial charge in [0.05, 0.1) is 24.5 Å². The molecule has 172 valence electrons. The second-order valence-corrected chi connectivity index (χ2v) is 9.80. The molecule has 1 N–H and O–H groups in total. The normalized spacial score (nSPS) is 14.7. The molecule has 3 rings (SSSR count). The van der Waals surface area contributed by atoms with Crippen molar-refractivity contribution in [3.05, 3.63) is 57.6 Å². The fourth-order valence-corrected chi connectivity index (χ4v) is 5.31. The van der Waals surface area contributed by atoms with Crippen LogP contribution in [-0.2, 0) is 35.5 Å². The number of amides is 1. The summed E-state index contributed by atoms with van der Waals surface area (Å²) < 4.78 is 37.5. The van der Waals surface area contributed by atoms with Crippen molar-refractivity contribution in [3.63, 3.8) is 0 Å². The molecule has 0 bridgehead atoms. The van der Waals surface area contributed by atoms with Gasteiger partial charge in [-0.3, -0.25) is 9.59 Å². The molecule has 8 nitrogen and oxygen atoms in total. The molecule has 0 saturated carbocycles. The zero-order valence-corrected chi connectivity index (χ0v) is 19.6. The van der Waals surface area contributed by atoms with Crippen LogP contribution in [0.2, 0.25) is 10.0 Å². The standard InChI is InChI=1S/C21H22Cl2N2O6S/c1-14-5-6-15(11-19(14)32(28,29)25-7-9-30-10-8-25)24-20(26)13-31-21(27)12-16-17(22)3-2-4-18(16)23/h2-6,11H,7-10,12-13H2,1H3,(H,24,26). The lowest BCUT2D eigenvalue weighted by Gasteiger charge is -2.26. The molecule has 0 spiro atoms. The van der Waals surface area contributed by atoms with Crippen LogP contribution in [0.4, 0.5) is 5.69 Å². The Morgan fingerprint density at radius 3 is 2.44 bits per heavy atom. The molecule has 0 unspecified atom stereocenters. The summed E-state index contributed by atoms with van der Waals surface area (Å²) in [6, 6.07) is 9.43. The van der Waals surface area contributed by atoms with Crippen molar-refractivity contribution in [3.8, 4) is 0 Å². The van der Waals surface area contributed by atoms with E-state index in [1.165, 1.54) is 10.4 Å². The number of rotatable bonds is 7. The molecule has 0 aromatic heterocycles. The highest BCUT2D eigenvalue weighted by atomic mass is 35.5. The number of hydrogen-bond donors (Lipinski definition) is 1. The fourth-order valence-electron chi connectivity index (χ4n) is 3.12. The summed E-state index contributed by atoms with van der Waals surface area (Å²) in [5.74, 6) is -1.28. The summed E-state index contributed by atoms with van der Waals surface area (Å²) in [4.78, 5) is 24.4. The molecular weight excluding hydrogens is 479 g/mol. The number of carbonyl (C=O) groups excluding carboxylic acids is 2. The Morgan fingerprint density at radius 2 is 1.78 bits per heavy atom. The minimum absolute atomic E-state index is 0.0996. The average Bonchev–Trinajstić information content (AvgIpc) is 2.77. The third kappa shape index (κ3) is 5.99. The summed E-state index contributed by atoms with van der Waals surface area (Å²) >= 11 is 12.1. The number of halogens is 2. The number of ether oxygens (including phenoxy) is 2. The second-order valence-electron chi connectivity index (χ2n) is 7.08. The maximum atomic E-state index is 13.0. The highest BCUT2D eigenvalue weighted by molar-refractivity contribution is 7.89. The molecule has 32 heavy (non-hydrogen) atoms. The minimum atomic E-state index is -3.73. The number of nitrogens with one attached hydrogen (secondary N) is 1. The molecule has 1 saturated heterocycles. The summed E-state index contributed by atoms with van der Waals surface area (Å²) in [6.45, 7) is 2.34. The lowest BCUT2D eigenvalue weighted by atomic mass is 10.1. The van der Waals surface area contributed by atoms with Gasteiger partial charge in [0.25, 0.3) is 5.91 Å². The highest BCUT2D eigenvalue weighted by Gasteiger charge is 2.28. The number of esters is 1. The van der Waals surface area contributed by atoms with E-state index in [9.17, 15) is 18.0 Å². The van der Waals surface area contributed by atoms with Gasteiger partial charge in [-0.05, 0) is 36.8 Å². The molecule has 0 atom stereocenters. The van der Waals surface area contributed by atoms with E-state index in [-0.39, 0.29) is 30.1 Å². The zero-order chi connectivity index (χ0) is 23.3. The summed E-state index contributed by atoms with van der Waals surface area (Å²) in [7, 11) is -3.73. The van der Waals surface area contributed by atoms with Crippen LogP contribution in [0, 0.1) is 6.92 Å². The van der Waals surface area contributed by atoms with E-state index < -0.39 is 28.5 Å². The van der Waals surface area contributed by atoms with E-state index in [1.807, 2.05) is 0 Å². The van der Waals surface area contributed by atoms with E-state index in [2.05, 4.69) is 5.32 Å². The third-order valence-corrected chi connectivity index (χ3v) is 7.56. The predicted octanol–water partition coefficient (Wildman–Crippen LogP) is 3.05. The van der Waals surface area contributed by atoms with Gasteiger partial charge in [-0.1, -0.05) is 35.3 Å². The highest BCUT2D eigenvalue weighted by Crippen LogP contribution is 2.26. The van der Waals surface area contributed by atoms with Crippen molar-refractivity contribution < 1.29 is 27.5 Å². The van der Waals surface area contributed by atoms with E-state index in [1.54, 1.807) is 37.3 Å². The van der Waals surface area contributed by atoms with Crippen LogP contribution in [0.25, 0.3) is 0 Å². The Balaban J connectivity index is 1.62. The van der Waals surface area contributed by atoms with Crippen LogP contribution in [0.3, 0.4) is 0 Å². The van der Waals surface area contributed by atoms with Gasteiger partial charge in [0.15, 0.2) is 6.61 Å². The number of carbonyl (C=O) groups is 2. The van der Waals surface area contributed by atoms with Gasteiger partial charge >= 0.3 is 5.97 Å². The Labute approximate surface area is 196 Å². The number of nitrogens with zero attached hydrogens (tertiary/aromatic N) is 1.